The van der Waals surface area contributed by atoms with Gasteiger partial charge in [-0.3, -0.25) is 9.59 Å². The molecular formula is C16H12N4O5S2. The molecule has 0 saturated carbocycles. The van der Waals surface area contributed by atoms with Gasteiger partial charge in [0.25, 0.3) is 5.91 Å². The first-order valence-corrected chi connectivity index (χ1v) is 9.65. The van der Waals surface area contributed by atoms with Crippen molar-refractivity contribution in [2.24, 2.45) is 0 Å². The van der Waals surface area contributed by atoms with E-state index in [1.807, 2.05) is 16.9 Å². The number of thiophene rings is 1. The Kier molecular flexibility index (Phi) is 6.62. The summed E-state index contributed by atoms with van der Waals surface area (Å²) in [6, 6.07) is 10.4. The highest BCUT2D eigenvalue weighted by Crippen LogP contribution is 2.21. The molecule has 0 atom stereocenters. The van der Waals surface area contributed by atoms with E-state index >= 15 is 0 Å². The quantitative estimate of drug-likeness (QED) is 0.652. The summed E-state index contributed by atoms with van der Waals surface area (Å²) in [6.45, 7) is -1.29. The van der Waals surface area contributed by atoms with Gasteiger partial charge < -0.3 is 10.1 Å². The monoisotopic (exact) mass is 404 g/mol. The molecule has 11 heteroatoms. The van der Waals surface area contributed by atoms with E-state index in [4.69, 9.17) is 15.3 Å². The third-order valence-corrected chi connectivity index (χ3v) is 5.35. The van der Waals surface area contributed by atoms with Crippen LogP contribution in [0.2, 0.25) is 0 Å². The standard InChI is InChI=1S/C16H12N4O5S2/c17-7-11-1-3-13(4-2-11)27(23,24)19-9-15(22)25-10-14(21)20-16-12(8-18)5-6-26-16/h1-6,19H,9-10H2,(H,20,21). The van der Waals surface area contributed by atoms with Crippen LogP contribution in [0.5, 0.6) is 0 Å². The number of nitriles is 2. The summed E-state index contributed by atoms with van der Waals surface area (Å²) in [5.74, 6) is -1.61. The third kappa shape index (κ3) is 5.62. The van der Waals surface area contributed by atoms with Gasteiger partial charge in [0.1, 0.15) is 17.6 Å². The average Bonchev–Trinajstić information content (AvgIpc) is 3.11. The van der Waals surface area contributed by atoms with Crippen LogP contribution in [0.3, 0.4) is 0 Å². The number of hydrogen-bond donors (Lipinski definition) is 2. The van der Waals surface area contributed by atoms with Gasteiger partial charge in [-0.25, -0.2) is 8.42 Å². The highest BCUT2D eigenvalue weighted by atomic mass is 32.2. The summed E-state index contributed by atoms with van der Waals surface area (Å²) >= 11 is 1.14. The van der Waals surface area contributed by atoms with Crippen LogP contribution in [-0.4, -0.2) is 33.4 Å². The fourth-order valence-corrected chi connectivity index (χ4v) is 3.52. The second kappa shape index (κ2) is 8.91. The van der Waals surface area contributed by atoms with Gasteiger partial charge in [0.15, 0.2) is 6.61 Å². The van der Waals surface area contributed by atoms with Crippen LogP contribution in [0.1, 0.15) is 11.1 Å². The van der Waals surface area contributed by atoms with E-state index in [0.29, 0.717) is 10.6 Å². The molecule has 0 saturated heterocycles. The molecule has 1 heterocycles. The number of anilines is 1. The van der Waals surface area contributed by atoms with Crippen molar-refractivity contribution in [2.45, 2.75) is 4.90 Å². The van der Waals surface area contributed by atoms with E-state index < -0.39 is 35.1 Å². The zero-order chi connectivity index (χ0) is 19.9. The van der Waals surface area contributed by atoms with E-state index in [-0.39, 0.29) is 10.5 Å². The van der Waals surface area contributed by atoms with Gasteiger partial charge in [-0.1, -0.05) is 0 Å². The molecule has 0 bridgehead atoms. The molecule has 1 amide bonds. The van der Waals surface area contributed by atoms with E-state index in [1.165, 1.54) is 30.3 Å². The molecule has 1 aromatic carbocycles. The van der Waals surface area contributed by atoms with E-state index in [9.17, 15) is 18.0 Å². The summed E-state index contributed by atoms with van der Waals surface area (Å²) < 4.78 is 30.8. The molecule has 0 aliphatic rings. The molecule has 2 rings (SSSR count). The first kappa shape index (κ1) is 20.1. The summed E-state index contributed by atoms with van der Waals surface area (Å²) in [5, 5.41) is 21.9. The van der Waals surface area contributed by atoms with Crippen molar-refractivity contribution in [1.82, 2.24) is 4.72 Å². The lowest BCUT2D eigenvalue weighted by atomic mass is 10.2. The van der Waals surface area contributed by atoms with Crippen molar-refractivity contribution in [3.8, 4) is 12.1 Å². The lowest BCUT2D eigenvalue weighted by Crippen LogP contribution is -2.32. The zero-order valence-corrected chi connectivity index (χ0v) is 15.3. The number of nitrogens with one attached hydrogen (secondary N) is 2. The van der Waals surface area contributed by atoms with Crippen molar-refractivity contribution >= 4 is 38.2 Å². The summed E-state index contributed by atoms with van der Waals surface area (Å²) in [5.41, 5.74) is 0.583. The molecule has 27 heavy (non-hydrogen) atoms. The Morgan fingerprint density at radius 2 is 1.81 bits per heavy atom. The van der Waals surface area contributed by atoms with Crippen molar-refractivity contribution in [2.75, 3.05) is 18.5 Å². The van der Waals surface area contributed by atoms with Crippen LogP contribution in [0.15, 0.2) is 40.6 Å². The van der Waals surface area contributed by atoms with Gasteiger partial charge in [0.05, 0.1) is 22.1 Å². The minimum absolute atomic E-state index is 0.117. The highest BCUT2D eigenvalue weighted by Gasteiger charge is 2.17. The van der Waals surface area contributed by atoms with Gasteiger partial charge in [-0.2, -0.15) is 15.2 Å². The van der Waals surface area contributed by atoms with Gasteiger partial charge in [-0.15, -0.1) is 11.3 Å². The molecular weight excluding hydrogens is 392 g/mol. The molecule has 9 nitrogen and oxygen atoms in total. The number of rotatable bonds is 7. The molecule has 2 aromatic rings. The van der Waals surface area contributed by atoms with Crippen molar-refractivity contribution < 1.29 is 22.7 Å². The molecule has 2 N–H and O–H groups in total. The molecule has 1 aromatic heterocycles. The minimum Gasteiger partial charge on any atom is -0.455 e. The first-order chi connectivity index (χ1) is 12.9. The second-order valence-electron chi connectivity index (χ2n) is 4.94. The number of hydrogen-bond acceptors (Lipinski definition) is 8. The van der Waals surface area contributed by atoms with Gasteiger partial charge in [0.2, 0.25) is 10.0 Å². The Bertz CT molecular complexity index is 1030. The fraction of sp³-hybridized carbons (Fsp3) is 0.125. The van der Waals surface area contributed by atoms with Crippen molar-refractivity contribution in [3.05, 3.63) is 46.8 Å². The first-order valence-electron chi connectivity index (χ1n) is 7.28. The Hall–Kier alpha value is -3.25. The van der Waals surface area contributed by atoms with Gasteiger partial charge in [0, 0.05) is 0 Å². The predicted octanol–water partition coefficient (Wildman–Crippen LogP) is 0.952. The van der Waals surface area contributed by atoms with Crippen molar-refractivity contribution in [3.63, 3.8) is 0 Å². The SMILES string of the molecule is N#Cc1ccc(S(=O)(=O)NCC(=O)OCC(=O)Nc2sccc2C#N)cc1. The molecule has 0 aliphatic heterocycles. The number of nitrogens with zero attached hydrogens (tertiary/aromatic N) is 2. The zero-order valence-electron chi connectivity index (χ0n) is 13.6. The number of ether oxygens (including phenoxy) is 1. The van der Waals surface area contributed by atoms with Crippen LogP contribution in [0.4, 0.5) is 5.00 Å². The molecule has 0 fully saturated rings. The van der Waals surface area contributed by atoms with Crippen LogP contribution < -0.4 is 10.0 Å². The Morgan fingerprint density at radius 3 is 2.44 bits per heavy atom. The third-order valence-electron chi connectivity index (χ3n) is 3.10. The number of benzene rings is 1. The number of carbonyl (C=O) groups excluding carboxylic acids is 2. The van der Waals surface area contributed by atoms with Crippen LogP contribution in [-0.2, 0) is 24.3 Å². The Labute approximate surface area is 158 Å². The lowest BCUT2D eigenvalue weighted by molar-refractivity contribution is -0.146. The number of esters is 1. The van der Waals surface area contributed by atoms with E-state index in [1.54, 1.807) is 5.38 Å². The maximum atomic E-state index is 12.0. The Balaban J connectivity index is 1.82. The van der Waals surface area contributed by atoms with E-state index in [0.717, 1.165) is 11.3 Å². The summed E-state index contributed by atoms with van der Waals surface area (Å²) in [6.07, 6.45) is 0. The highest BCUT2D eigenvalue weighted by molar-refractivity contribution is 7.89. The number of sulfonamides is 1. The van der Waals surface area contributed by atoms with Gasteiger partial charge >= 0.3 is 5.97 Å². The maximum Gasteiger partial charge on any atom is 0.321 e. The Morgan fingerprint density at radius 1 is 1.11 bits per heavy atom. The topological polar surface area (TPSA) is 149 Å². The minimum atomic E-state index is -3.96. The fourth-order valence-electron chi connectivity index (χ4n) is 1.80. The molecule has 138 valence electrons. The molecule has 0 spiro atoms. The molecule has 0 aliphatic carbocycles. The number of carbonyl (C=O) groups is 2. The van der Waals surface area contributed by atoms with Crippen LogP contribution >= 0.6 is 11.3 Å². The molecule has 0 unspecified atom stereocenters. The second-order valence-corrected chi connectivity index (χ2v) is 7.63. The summed E-state index contributed by atoms with van der Waals surface area (Å²) in [4.78, 5) is 23.2. The average molecular weight is 404 g/mol. The van der Waals surface area contributed by atoms with Crippen molar-refractivity contribution in [1.29, 1.82) is 10.5 Å². The maximum absolute atomic E-state index is 12.0. The van der Waals surface area contributed by atoms with Crippen LogP contribution in [0, 0.1) is 22.7 Å². The molecule has 0 radical (unpaired) electrons. The van der Waals surface area contributed by atoms with Gasteiger partial charge in [-0.05, 0) is 35.7 Å². The van der Waals surface area contributed by atoms with E-state index in [2.05, 4.69) is 5.32 Å². The predicted molar refractivity (Wildman–Crippen MR) is 95.0 cm³/mol. The lowest BCUT2D eigenvalue weighted by Gasteiger charge is -2.08. The number of amides is 1. The largest absolute Gasteiger partial charge is 0.455 e. The smallest absolute Gasteiger partial charge is 0.321 e. The summed E-state index contributed by atoms with van der Waals surface area (Å²) in [7, 11) is -3.96. The normalized spacial score (nSPS) is 10.4. The van der Waals surface area contributed by atoms with Crippen LogP contribution in [0.25, 0.3) is 0 Å².